The van der Waals surface area contributed by atoms with E-state index in [1.165, 1.54) is 23.5 Å². The van der Waals surface area contributed by atoms with E-state index in [0.717, 1.165) is 5.75 Å². The zero-order valence-corrected chi connectivity index (χ0v) is 14.3. The lowest BCUT2D eigenvalue weighted by Crippen LogP contribution is -2.43. The quantitative estimate of drug-likeness (QED) is 0.660. The minimum absolute atomic E-state index is 0.108. The number of rotatable bonds is 8. The smallest absolute Gasteiger partial charge is 0.375 e. The summed E-state index contributed by atoms with van der Waals surface area (Å²) in [4.78, 5) is 23.5. The molecule has 5 nitrogen and oxygen atoms in total. The molecule has 7 heteroatoms. The van der Waals surface area contributed by atoms with Crippen molar-refractivity contribution in [3.05, 3.63) is 10.7 Å². The fourth-order valence-electron chi connectivity index (χ4n) is 1.71. The summed E-state index contributed by atoms with van der Waals surface area (Å²) in [5.41, 5.74) is -1.75. The summed E-state index contributed by atoms with van der Waals surface area (Å²) < 4.78 is 5.05. The van der Waals surface area contributed by atoms with Crippen molar-refractivity contribution in [3.63, 3.8) is 0 Å². The van der Waals surface area contributed by atoms with Crippen molar-refractivity contribution in [2.24, 2.45) is 11.8 Å². The maximum absolute atomic E-state index is 11.7. The van der Waals surface area contributed by atoms with Gasteiger partial charge in [0.05, 0.1) is 4.91 Å². The maximum atomic E-state index is 11.7. The molecule has 1 heterocycles. The topological polar surface area (TPSA) is 83.8 Å². The van der Waals surface area contributed by atoms with E-state index in [-0.39, 0.29) is 10.7 Å². The van der Waals surface area contributed by atoms with Gasteiger partial charge >= 0.3 is 11.9 Å². The van der Waals surface area contributed by atoms with E-state index in [1.54, 1.807) is 0 Å². The van der Waals surface area contributed by atoms with Crippen molar-refractivity contribution < 1.29 is 24.5 Å². The van der Waals surface area contributed by atoms with Gasteiger partial charge in [-0.1, -0.05) is 27.7 Å². The Labute approximate surface area is 133 Å². The molecule has 0 radical (unpaired) electrons. The molecule has 0 amide bonds. The molecule has 0 saturated heterocycles. The summed E-state index contributed by atoms with van der Waals surface area (Å²) in [5.74, 6) is -0.556. The predicted octanol–water partition coefficient (Wildman–Crippen LogP) is 2.91. The number of hydrogen-bond acceptors (Lipinski definition) is 6. The van der Waals surface area contributed by atoms with E-state index in [1.807, 2.05) is 27.7 Å². The first kappa shape index (κ1) is 18.2. The van der Waals surface area contributed by atoms with Gasteiger partial charge in [0.15, 0.2) is 0 Å². The molecule has 1 aliphatic heterocycles. The van der Waals surface area contributed by atoms with Crippen molar-refractivity contribution >= 4 is 35.5 Å². The Balaban J connectivity index is 2.99. The molecule has 0 aromatic heterocycles. The first-order chi connectivity index (χ1) is 9.70. The Bertz CT molecular complexity index is 445. The van der Waals surface area contributed by atoms with E-state index in [9.17, 15) is 19.8 Å². The number of thioether (sulfide) groups is 2. The highest BCUT2D eigenvalue weighted by atomic mass is 32.2. The van der Waals surface area contributed by atoms with E-state index in [2.05, 4.69) is 0 Å². The molecule has 1 aliphatic rings. The Morgan fingerprint density at radius 1 is 1.24 bits per heavy atom. The van der Waals surface area contributed by atoms with Crippen LogP contribution in [0.2, 0.25) is 0 Å². The third-order valence-corrected chi connectivity index (χ3v) is 5.86. The molecule has 0 aromatic rings. The van der Waals surface area contributed by atoms with Gasteiger partial charge in [0.1, 0.15) is 0 Å². The molecular formula is C14H22O5S2. The zero-order chi connectivity index (χ0) is 16.2. The van der Waals surface area contributed by atoms with Crippen LogP contribution in [-0.2, 0) is 14.3 Å². The van der Waals surface area contributed by atoms with Crippen LogP contribution in [0.3, 0.4) is 0 Å². The van der Waals surface area contributed by atoms with Crippen LogP contribution in [0.25, 0.3) is 0 Å². The van der Waals surface area contributed by atoms with E-state index >= 15 is 0 Å². The number of carbonyl (C=O) groups excluding carboxylic acids is 1. The average Bonchev–Trinajstić information content (AvgIpc) is 2.60. The molecular weight excluding hydrogens is 312 g/mol. The standard InChI is InChI=1S/C14H22O5S2/c1-8(2)5-20-7-14(13(17)18)11(21-6-9(3)4)10(15)12(16)19-14/h8-9,15H,5-7H2,1-4H3,(H,17,18). The van der Waals surface area contributed by atoms with Crippen molar-refractivity contribution in [2.75, 3.05) is 17.3 Å². The third-order valence-electron chi connectivity index (χ3n) is 2.71. The Kier molecular flexibility index (Phi) is 6.46. The summed E-state index contributed by atoms with van der Waals surface area (Å²) in [6.07, 6.45) is 0. The van der Waals surface area contributed by atoms with Gasteiger partial charge in [-0.15, -0.1) is 11.8 Å². The highest BCUT2D eigenvalue weighted by Crippen LogP contribution is 2.42. The fourth-order valence-corrected chi connectivity index (χ4v) is 4.16. The van der Waals surface area contributed by atoms with Gasteiger partial charge < -0.3 is 14.9 Å². The Hall–Kier alpha value is -0.820. The van der Waals surface area contributed by atoms with Gasteiger partial charge in [-0.05, 0) is 17.6 Å². The SMILES string of the molecule is CC(C)CSCC1(C(=O)O)OC(=O)C(O)=C1SCC(C)C. The minimum Gasteiger partial charge on any atom is -0.501 e. The van der Waals surface area contributed by atoms with Crippen LogP contribution < -0.4 is 0 Å². The van der Waals surface area contributed by atoms with Gasteiger partial charge in [-0.25, -0.2) is 9.59 Å². The number of aliphatic hydroxyl groups is 1. The van der Waals surface area contributed by atoms with Crippen molar-refractivity contribution in [1.29, 1.82) is 0 Å². The molecule has 0 saturated carbocycles. The van der Waals surface area contributed by atoms with Crippen LogP contribution in [0.4, 0.5) is 0 Å². The van der Waals surface area contributed by atoms with Crippen LogP contribution in [0.5, 0.6) is 0 Å². The van der Waals surface area contributed by atoms with Gasteiger partial charge in [-0.2, -0.15) is 11.8 Å². The average molecular weight is 334 g/mol. The van der Waals surface area contributed by atoms with Gasteiger partial charge in [0, 0.05) is 11.5 Å². The second-order valence-corrected chi connectivity index (χ2v) is 7.87. The minimum atomic E-state index is -1.75. The normalized spacial score (nSPS) is 22.3. The lowest BCUT2D eigenvalue weighted by molar-refractivity contribution is -0.165. The number of esters is 1. The highest BCUT2D eigenvalue weighted by molar-refractivity contribution is 8.03. The lowest BCUT2D eigenvalue weighted by Gasteiger charge is -2.25. The van der Waals surface area contributed by atoms with Crippen molar-refractivity contribution in [1.82, 2.24) is 0 Å². The van der Waals surface area contributed by atoms with Crippen LogP contribution >= 0.6 is 23.5 Å². The zero-order valence-electron chi connectivity index (χ0n) is 12.7. The van der Waals surface area contributed by atoms with Gasteiger partial charge in [0.25, 0.3) is 5.60 Å². The summed E-state index contributed by atoms with van der Waals surface area (Å²) in [5, 5.41) is 19.4. The molecule has 0 aromatic carbocycles. The number of hydrogen-bond donors (Lipinski definition) is 2. The third kappa shape index (κ3) is 4.32. The second-order valence-electron chi connectivity index (χ2n) is 5.81. The Morgan fingerprint density at radius 2 is 1.81 bits per heavy atom. The molecule has 1 unspecified atom stereocenters. The molecule has 120 valence electrons. The molecule has 0 spiro atoms. The number of carboxylic acid groups (broad SMARTS) is 1. The van der Waals surface area contributed by atoms with Crippen LogP contribution in [0.1, 0.15) is 27.7 Å². The fraction of sp³-hybridized carbons (Fsp3) is 0.714. The number of cyclic esters (lactones) is 1. The highest BCUT2D eigenvalue weighted by Gasteiger charge is 2.54. The molecule has 1 atom stereocenters. The largest absolute Gasteiger partial charge is 0.501 e. The molecule has 0 aliphatic carbocycles. The molecule has 21 heavy (non-hydrogen) atoms. The first-order valence-electron chi connectivity index (χ1n) is 6.81. The molecule has 0 fully saturated rings. The number of carbonyl (C=O) groups is 2. The van der Waals surface area contributed by atoms with Crippen LogP contribution in [0, 0.1) is 11.8 Å². The molecule has 0 bridgehead atoms. The van der Waals surface area contributed by atoms with Crippen molar-refractivity contribution in [2.45, 2.75) is 33.3 Å². The molecule has 2 N–H and O–H groups in total. The van der Waals surface area contributed by atoms with Crippen LogP contribution in [-0.4, -0.2) is 45.0 Å². The second kappa shape index (κ2) is 7.45. The Morgan fingerprint density at radius 3 is 2.29 bits per heavy atom. The van der Waals surface area contributed by atoms with Gasteiger partial charge in [-0.3, -0.25) is 0 Å². The summed E-state index contributed by atoms with van der Waals surface area (Å²) >= 11 is 2.60. The van der Waals surface area contributed by atoms with Crippen LogP contribution in [0.15, 0.2) is 10.7 Å². The molecule has 1 rings (SSSR count). The van der Waals surface area contributed by atoms with Crippen molar-refractivity contribution in [3.8, 4) is 0 Å². The number of aliphatic hydroxyl groups excluding tert-OH is 1. The summed E-state index contributed by atoms with van der Waals surface area (Å²) in [7, 11) is 0. The summed E-state index contributed by atoms with van der Waals surface area (Å²) in [6.45, 7) is 8.03. The predicted molar refractivity (Wildman–Crippen MR) is 85.6 cm³/mol. The monoisotopic (exact) mass is 334 g/mol. The number of ether oxygens (including phenoxy) is 1. The van der Waals surface area contributed by atoms with Gasteiger partial charge in [0.2, 0.25) is 5.76 Å². The van der Waals surface area contributed by atoms with E-state index in [0.29, 0.717) is 17.6 Å². The first-order valence-corrected chi connectivity index (χ1v) is 8.95. The summed E-state index contributed by atoms with van der Waals surface area (Å²) in [6, 6.07) is 0. The maximum Gasteiger partial charge on any atom is 0.375 e. The number of aliphatic carboxylic acids is 1. The lowest BCUT2D eigenvalue weighted by atomic mass is 10.1. The number of carboxylic acids is 1. The van der Waals surface area contributed by atoms with E-state index in [4.69, 9.17) is 4.74 Å². The van der Waals surface area contributed by atoms with E-state index < -0.39 is 23.3 Å².